The number of aliphatic carboxylic acids is 1. The van der Waals surface area contributed by atoms with E-state index in [1.807, 2.05) is 65.6 Å². The number of carbonyl (C=O) groups excluding carboxylic acids is 1. The van der Waals surface area contributed by atoms with Gasteiger partial charge in [-0.1, -0.05) is 60.7 Å². The third-order valence-corrected chi connectivity index (χ3v) is 5.00. The van der Waals surface area contributed by atoms with Crippen molar-refractivity contribution in [2.45, 2.75) is 25.1 Å². The highest BCUT2D eigenvalue weighted by atomic mass is 32.2. The number of carboxylic acid groups (broad SMARTS) is 1. The van der Waals surface area contributed by atoms with Crippen molar-refractivity contribution >= 4 is 23.6 Å². The molecule has 2 aromatic rings. The molecule has 0 heterocycles. The van der Waals surface area contributed by atoms with Crippen molar-refractivity contribution in [3.8, 4) is 0 Å². The largest absolute Gasteiger partial charge is 0.480 e. The predicted octanol–water partition coefficient (Wildman–Crippen LogP) is 3.46. The summed E-state index contributed by atoms with van der Waals surface area (Å²) >= 11 is 1.16. The van der Waals surface area contributed by atoms with E-state index in [0.717, 1.165) is 23.7 Å². The fraction of sp³-hybridized carbons (Fsp3) is 0.300. The first-order chi connectivity index (χ1) is 12.1. The molecule has 5 heteroatoms. The maximum absolute atomic E-state index is 12.6. The van der Waals surface area contributed by atoms with Crippen molar-refractivity contribution in [1.29, 1.82) is 0 Å². The summed E-state index contributed by atoms with van der Waals surface area (Å²) in [5.41, 5.74) is 2.25. The van der Waals surface area contributed by atoms with Gasteiger partial charge >= 0.3 is 5.97 Å². The number of nitrogens with zero attached hydrogens (tertiary/aromatic N) is 1. The van der Waals surface area contributed by atoms with E-state index in [4.69, 9.17) is 5.11 Å². The highest BCUT2D eigenvalue weighted by molar-refractivity contribution is 8.01. The van der Waals surface area contributed by atoms with Crippen LogP contribution in [0.25, 0.3) is 0 Å². The number of carboxylic acids is 1. The molecule has 4 nitrogen and oxygen atoms in total. The van der Waals surface area contributed by atoms with E-state index >= 15 is 0 Å². The molecule has 25 heavy (non-hydrogen) atoms. The van der Waals surface area contributed by atoms with Gasteiger partial charge in [-0.05, 0) is 24.5 Å². The van der Waals surface area contributed by atoms with Crippen LogP contribution in [0.3, 0.4) is 0 Å². The molecule has 2 rings (SSSR count). The zero-order valence-electron chi connectivity index (χ0n) is 14.3. The van der Waals surface area contributed by atoms with E-state index in [1.165, 1.54) is 5.56 Å². The number of hydrogen-bond donors (Lipinski definition) is 1. The average molecular weight is 357 g/mol. The lowest BCUT2D eigenvalue weighted by atomic mass is 10.1. The van der Waals surface area contributed by atoms with Gasteiger partial charge in [0.2, 0.25) is 5.91 Å². The summed E-state index contributed by atoms with van der Waals surface area (Å²) in [4.78, 5) is 25.4. The number of rotatable bonds is 9. The first kappa shape index (κ1) is 19.1. The van der Waals surface area contributed by atoms with Gasteiger partial charge in [0.25, 0.3) is 0 Å². The minimum Gasteiger partial charge on any atom is -0.480 e. The van der Waals surface area contributed by atoms with E-state index in [1.54, 1.807) is 6.92 Å². The zero-order valence-corrected chi connectivity index (χ0v) is 15.1. The zero-order chi connectivity index (χ0) is 18.1. The lowest BCUT2D eigenvalue weighted by Gasteiger charge is -2.23. The van der Waals surface area contributed by atoms with Crippen LogP contribution >= 0.6 is 11.8 Å². The Kier molecular flexibility index (Phi) is 7.54. The lowest BCUT2D eigenvalue weighted by molar-refractivity contribution is -0.136. The van der Waals surface area contributed by atoms with Crippen molar-refractivity contribution in [2.75, 3.05) is 12.3 Å². The van der Waals surface area contributed by atoms with E-state index in [-0.39, 0.29) is 11.7 Å². The minimum absolute atomic E-state index is 0.0297. The molecule has 0 aliphatic carbocycles. The summed E-state index contributed by atoms with van der Waals surface area (Å²) in [6.45, 7) is 2.75. The standard InChI is InChI=1S/C20H23NO3S/c1-16(20(23)24)25-15-19(22)21(14-18-10-6-3-7-11-18)13-12-17-8-4-2-5-9-17/h2-11,16H,12-15H2,1H3,(H,23,24)/t16-/m1/s1. The quantitative estimate of drug-likeness (QED) is 0.747. The number of thioether (sulfide) groups is 1. The summed E-state index contributed by atoms with van der Waals surface area (Å²) in [6.07, 6.45) is 0.776. The Hall–Kier alpha value is -2.27. The molecule has 132 valence electrons. The van der Waals surface area contributed by atoms with Crippen LogP contribution in [-0.2, 0) is 22.6 Å². The molecule has 0 aliphatic heterocycles. The van der Waals surface area contributed by atoms with Crippen LogP contribution in [0.2, 0.25) is 0 Å². The van der Waals surface area contributed by atoms with Crippen LogP contribution in [0.5, 0.6) is 0 Å². The number of carbonyl (C=O) groups is 2. The van der Waals surface area contributed by atoms with E-state index in [9.17, 15) is 9.59 Å². The SMILES string of the molecule is C[C@@H](SCC(=O)N(CCc1ccccc1)Cc1ccccc1)C(=O)O. The Balaban J connectivity index is 2.00. The first-order valence-corrected chi connectivity index (χ1v) is 9.31. The van der Waals surface area contributed by atoms with Gasteiger partial charge in [0.1, 0.15) is 0 Å². The summed E-state index contributed by atoms with van der Waals surface area (Å²) in [7, 11) is 0. The molecule has 0 unspecified atom stereocenters. The van der Waals surface area contributed by atoms with Crippen molar-refractivity contribution < 1.29 is 14.7 Å². The van der Waals surface area contributed by atoms with Crippen LogP contribution in [0, 0.1) is 0 Å². The van der Waals surface area contributed by atoms with E-state index in [0.29, 0.717) is 13.1 Å². The third-order valence-electron chi connectivity index (χ3n) is 3.89. The molecular formula is C20H23NO3S. The van der Waals surface area contributed by atoms with Crippen LogP contribution in [-0.4, -0.2) is 39.4 Å². The van der Waals surface area contributed by atoms with Gasteiger partial charge in [-0.15, -0.1) is 11.8 Å². The summed E-state index contributed by atoms with van der Waals surface area (Å²) in [6, 6.07) is 19.9. The van der Waals surface area contributed by atoms with Crippen LogP contribution in [0.1, 0.15) is 18.1 Å². The maximum atomic E-state index is 12.6. The van der Waals surface area contributed by atoms with Gasteiger partial charge in [-0.2, -0.15) is 0 Å². The predicted molar refractivity (Wildman–Crippen MR) is 102 cm³/mol. The molecule has 1 atom stereocenters. The highest BCUT2D eigenvalue weighted by Gasteiger charge is 2.18. The molecule has 2 aromatic carbocycles. The van der Waals surface area contributed by atoms with E-state index < -0.39 is 11.2 Å². The molecule has 1 amide bonds. The second-order valence-corrected chi connectivity index (χ2v) is 7.16. The Bertz CT molecular complexity index is 676. The van der Waals surface area contributed by atoms with Gasteiger partial charge in [-0.3, -0.25) is 9.59 Å². The summed E-state index contributed by atoms with van der Waals surface area (Å²) in [5.74, 6) is -0.746. The number of hydrogen-bond acceptors (Lipinski definition) is 3. The first-order valence-electron chi connectivity index (χ1n) is 8.26. The molecule has 0 saturated carbocycles. The molecule has 0 saturated heterocycles. The molecule has 0 bridgehead atoms. The van der Waals surface area contributed by atoms with Gasteiger partial charge < -0.3 is 10.0 Å². The highest BCUT2D eigenvalue weighted by Crippen LogP contribution is 2.14. The Labute approximate surface area is 152 Å². The maximum Gasteiger partial charge on any atom is 0.316 e. The fourth-order valence-corrected chi connectivity index (χ4v) is 3.08. The normalized spacial score (nSPS) is 11.7. The van der Waals surface area contributed by atoms with Crippen molar-refractivity contribution in [2.24, 2.45) is 0 Å². The molecular weight excluding hydrogens is 334 g/mol. The second-order valence-electron chi connectivity index (χ2n) is 5.83. The Morgan fingerprint density at radius 3 is 2.12 bits per heavy atom. The number of amides is 1. The molecule has 0 aromatic heterocycles. The van der Waals surface area contributed by atoms with Gasteiger partial charge in [0, 0.05) is 13.1 Å². The fourth-order valence-electron chi connectivity index (χ4n) is 2.36. The monoisotopic (exact) mass is 357 g/mol. The average Bonchev–Trinajstić information content (AvgIpc) is 2.64. The van der Waals surface area contributed by atoms with Crippen molar-refractivity contribution in [1.82, 2.24) is 4.90 Å². The van der Waals surface area contributed by atoms with Crippen LogP contribution < -0.4 is 0 Å². The Morgan fingerprint density at radius 1 is 1.00 bits per heavy atom. The summed E-state index contributed by atoms with van der Waals surface area (Å²) < 4.78 is 0. The van der Waals surface area contributed by atoms with Gasteiger partial charge in [0.05, 0.1) is 11.0 Å². The van der Waals surface area contributed by atoms with Crippen molar-refractivity contribution in [3.63, 3.8) is 0 Å². The smallest absolute Gasteiger partial charge is 0.316 e. The van der Waals surface area contributed by atoms with Crippen LogP contribution in [0.4, 0.5) is 0 Å². The molecule has 0 fully saturated rings. The molecule has 0 spiro atoms. The summed E-state index contributed by atoms with van der Waals surface area (Å²) in [5, 5.41) is 8.39. The molecule has 0 radical (unpaired) electrons. The Morgan fingerprint density at radius 2 is 1.56 bits per heavy atom. The third kappa shape index (κ3) is 6.63. The minimum atomic E-state index is -0.892. The van der Waals surface area contributed by atoms with Crippen molar-refractivity contribution in [3.05, 3.63) is 71.8 Å². The number of benzene rings is 2. The van der Waals surface area contributed by atoms with Gasteiger partial charge in [-0.25, -0.2) is 0 Å². The molecule has 0 aliphatic rings. The second kappa shape index (κ2) is 9.89. The van der Waals surface area contributed by atoms with Gasteiger partial charge in [0.15, 0.2) is 0 Å². The van der Waals surface area contributed by atoms with Crippen LogP contribution in [0.15, 0.2) is 60.7 Å². The topological polar surface area (TPSA) is 57.6 Å². The lowest BCUT2D eigenvalue weighted by Crippen LogP contribution is -2.34. The van der Waals surface area contributed by atoms with E-state index in [2.05, 4.69) is 0 Å². The molecule has 1 N–H and O–H groups in total.